The summed E-state index contributed by atoms with van der Waals surface area (Å²) in [5.41, 5.74) is 2.90. The van der Waals surface area contributed by atoms with Gasteiger partial charge in [-0.2, -0.15) is 4.41 Å². The zero-order chi connectivity index (χ0) is 13.5. The summed E-state index contributed by atoms with van der Waals surface area (Å²) in [5.74, 6) is -0.378. The smallest absolute Gasteiger partial charge is 0.280 e. The molecule has 1 aromatic rings. The van der Waals surface area contributed by atoms with Gasteiger partial charge in [0.2, 0.25) is 0 Å². The molecule has 0 spiro atoms. The minimum absolute atomic E-state index is 0.378. The van der Waals surface area contributed by atoms with Crippen LogP contribution in [0.4, 0.5) is 4.79 Å². The lowest BCUT2D eigenvalue weighted by molar-refractivity contribution is 0.0900. The summed E-state index contributed by atoms with van der Waals surface area (Å²) in [4.78, 5) is 23.4. The molecule has 0 aliphatic carbocycles. The maximum absolute atomic E-state index is 11.8. The molecule has 0 heterocycles. The third kappa shape index (κ3) is 4.32. The Balaban J connectivity index is 2.67. The third-order valence-electron chi connectivity index (χ3n) is 1.87. The molecule has 0 atom stereocenters. The fraction of sp³-hybridized carbons (Fsp3) is 0.200. The van der Waals surface area contributed by atoms with Crippen molar-refractivity contribution in [2.24, 2.45) is 0 Å². The Hall–Kier alpha value is -1.05. The maximum atomic E-state index is 11.8. The SMILES string of the molecule is CSNC(=O)N(NC(=O)c1ccc(Cl)cc1)SC. The number of hydrazine groups is 1. The van der Waals surface area contributed by atoms with Gasteiger partial charge in [-0.1, -0.05) is 23.5 Å². The Morgan fingerprint density at radius 2 is 1.83 bits per heavy atom. The summed E-state index contributed by atoms with van der Waals surface area (Å²) >= 11 is 7.98. The van der Waals surface area contributed by atoms with Crippen LogP contribution >= 0.6 is 35.5 Å². The van der Waals surface area contributed by atoms with E-state index in [9.17, 15) is 9.59 Å². The standard InChI is InChI=1S/C10H12ClN3O2S2/c1-17-13-10(16)14(18-2)12-9(15)7-3-5-8(11)6-4-7/h3-6H,1-2H3,(H,12,15)(H,13,16). The Kier molecular flexibility index (Phi) is 6.17. The van der Waals surface area contributed by atoms with Crippen molar-refractivity contribution in [3.05, 3.63) is 34.9 Å². The molecule has 18 heavy (non-hydrogen) atoms. The lowest BCUT2D eigenvalue weighted by atomic mass is 10.2. The van der Waals surface area contributed by atoms with E-state index in [1.54, 1.807) is 36.8 Å². The molecule has 1 rings (SSSR count). The first-order valence-electron chi connectivity index (χ1n) is 4.82. The first-order chi connectivity index (χ1) is 8.58. The fourth-order valence-electron chi connectivity index (χ4n) is 1.07. The maximum Gasteiger partial charge on any atom is 0.356 e. The van der Waals surface area contributed by atoms with Crippen LogP contribution in [0.1, 0.15) is 10.4 Å². The molecule has 0 aliphatic heterocycles. The van der Waals surface area contributed by atoms with E-state index in [1.165, 1.54) is 0 Å². The number of halogens is 1. The number of hydrogen-bond donors (Lipinski definition) is 2. The van der Waals surface area contributed by atoms with Gasteiger partial charge in [0.1, 0.15) is 0 Å². The van der Waals surface area contributed by atoms with Gasteiger partial charge in [0.25, 0.3) is 5.91 Å². The van der Waals surface area contributed by atoms with E-state index >= 15 is 0 Å². The number of hydrogen-bond acceptors (Lipinski definition) is 4. The molecule has 1 aromatic carbocycles. The van der Waals surface area contributed by atoms with Crippen molar-refractivity contribution in [2.45, 2.75) is 0 Å². The average molecular weight is 306 g/mol. The van der Waals surface area contributed by atoms with Gasteiger partial charge in [0.15, 0.2) is 0 Å². The second-order valence-corrected chi connectivity index (χ2v) is 4.82. The van der Waals surface area contributed by atoms with Gasteiger partial charge in [0.05, 0.1) is 0 Å². The van der Waals surface area contributed by atoms with E-state index < -0.39 is 6.03 Å². The molecule has 0 unspecified atom stereocenters. The Bertz CT molecular complexity index is 428. The van der Waals surface area contributed by atoms with Gasteiger partial charge in [-0.25, -0.2) is 10.2 Å². The van der Waals surface area contributed by atoms with Crippen LogP contribution < -0.4 is 10.1 Å². The largest absolute Gasteiger partial charge is 0.356 e. The number of benzene rings is 1. The Labute approximate surface area is 119 Å². The molecule has 0 radical (unpaired) electrons. The van der Waals surface area contributed by atoms with Crippen LogP contribution in [0.5, 0.6) is 0 Å². The lowest BCUT2D eigenvalue weighted by Crippen LogP contribution is -2.44. The number of amides is 3. The molecule has 0 saturated heterocycles. The van der Waals surface area contributed by atoms with Crippen LogP contribution in [0, 0.1) is 0 Å². The van der Waals surface area contributed by atoms with Gasteiger partial charge in [-0.05, 0) is 36.2 Å². The van der Waals surface area contributed by atoms with Crippen molar-refractivity contribution < 1.29 is 9.59 Å². The van der Waals surface area contributed by atoms with Crippen molar-refractivity contribution in [1.29, 1.82) is 0 Å². The average Bonchev–Trinajstić information content (AvgIpc) is 2.36. The normalized spacial score (nSPS) is 9.72. The molecule has 8 heteroatoms. The first-order valence-corrected chi connectivity index (χ1v) is 7.60. The summed E-state index contributed by atoms with van der Waals surface area (Å²) in [6, 6.07) is 5.99. The molecule has 98 valence electrons. The quantitative estimate of drug-likeness (QED) is 0.665. The second kappa shape index (κ2) is 7.40. The molecule has 3 amide bonds. The second-order valence-electron chi connectivity index (χ2n) is 3.04. The zero-order valence-corrected chi connectivity index (χ0v) is 12.2. The summed E-state index contributed by atoms with van der Waals surface area (Å²) < 4.78 is 3.63. The van der Waals surface area contributed by atoms with Crippen molar-refractivity contribution in [3.8, 4) is 0 Å². The molecule has 0 bridgehead atoms. The van der Waals surface area contributed by atoms with E-state index in [4.69, 9.17) is 11.6 Å². The first kappa shape index (κ1) is 15.0. The van der Waals surface area contributed by atoms with Crippen LogP contribution in [0.15, 0.2) is 24.3 Å². The van der Waals surface area contributed by atoms with E-state index in [0.29, 0.717) is 10.6 Å². The van der Waals surface area contributed by atoms with Crippen LogP contribution in [-0.2, 0) is 0 Å². The summed E-state index contributed by atoms with van der Waals surface area (Å²) in [6.45, 7) is 0. The molecule has 0 saturated carbocycles. The zero-order valence-electron chi connectivity index (χ0n) is 9.77. The molecular formula is C10H12ClN3O2S2. The molecule has 0 fully saturated rings. The minimum atomic E-state index is -0.405. The van der Waals surface area contributed by atoms with Gasteiger partial charge >= 0.3 is 6.03 Å². The van der Waals surface area contributed by atoms with E-state index in [0.717, 1.165) is 28.3 Å². The Morgan fingerprint density at radius 3 is 2.33 bits per heavy atom. The van der Waals surface area contributed by atoms with Crippen LogP contribution in [0.3, 0.4) is 0 Å². The predicted octanol–water partition coefficient (Wildman–Crippen LogP) is 2.55. The summed E-state index contributed by atoms with van der Waals surface area (Å²) in [6.07, 6.45) is 3.40. The van der Waals surface area contributed by atoms with E-state index in [-0.39, 0.29) is 5.91 Å². The van der Waals surface area contributed by atoms with Gasteiger partial charge in [-0.3, -0.25) is 9.52 Å². The van der Waals surface area contributed by atoms with Crippen molar-refractivity contribution in [1.82, 2.24) is 14.6 Å². The van der Waals surface area contributed by atoms with Gasteiger partial charge in [-0.15, -0.1) is 0 Å². The molecule has 5 nitrogen and oxygen atoms in total. The van der Waals surface area contributed by atoms with Crippen LogP contribution in [-0.4, -0.2) is 28.9 Å². The molecule has 0 aliphatic rings. The number of rotatable bonds is 3. The van der Waals surface area contributed by atoms with E-state index in [1.807, 2.05) is 0 Å². The molecular weight excluding hydrogens is 294 g/mol. The summed E-state index contributed by atoms with van der Waals surface area (Å²) in [5, 5.41) is 0.549. The summed E-state index contributed by atoms with van der Waals surface area (Å²) in [7, 11) is 0. The number of nitrogens with one attached hydrogen (secondary N) is 2. The predicted molar refractivity (Wildman–Crippen MR) is 76.3 cm³/mol. The lowest BCUT2D eigenvalue weighted by Gasteiger charge is -2.19. The number of carbonyl (C=O) groups excluding carboxylic acids is 2. The highest BCUT2D eigenvalue weighted by Crippen LogP contribution is 2.10. The van der Waals surface area contributed by atoms with E-state index in [2.05, 4.69) is 10.1 Å². The highest BCUT2D eigenvalue weighted by atomic mass is 35.5. The minimum Gasteiger partial charge on any atom is -0.280 e. The highest BCUT2D eigenvalue weighted by molar-refractivity contribution is 7.98. The van der Waals surface area contributed by atoms with Gasteiger partial charge in [0, 0.05) is 23.1 Å². The van der Waals surface area contributed by atoms with Crippen molar-refractivity contribution in [2.75, 3.05) is 12.5 Å². The Morgan fingerprint density at radius 1 is 1.22 bits per heavy atom. The van der Waals surface area contributed by atoms with Crippen molar-refractivity contribution >= 4 is 47.4 Å². The number of carbonyl (C=O) groups is 2. The molecule has 0 aromatic heterocycles. The van der Waals surface area contributed by atoms with Gasteiger partial charge < -0.3 is 0 Å². The van der Waals surface area contributed by atoms with Crippen LogP contribution in [0.2, 0.25) is 5.02 Å². The number of nitrogens with zero attached hydrogens (tertiary/aromatic N) is 1. The van der Waals surface area contributed by atoms with Crippen molar-refractivity contribution in [3.63, 3.8) is 0 Å². The third-order valence-corrected chi connectivity index (χ3v) is 3.12. The monoisotopic (exact) mass is 305 g/mol. The fourth-order valence-corrected chi connectivity index (χ4v) is 1.90. The highest BCUT2D eigenvalue weighted by Gasteiger charge is 2.15. The topological polar surface area (TPSA) is 61.4 Å². The number of urea groups is 1. The molecule has 2 N–H and O–H groups in total. The van der Waals surface area contributed by atoms with Crippen LogP contribution in [0.25, 0.3) is 0 Å².